The summed E-state index contributed by atoms with van der Waals surface area (Å²) in [6.45, 7) is 10.2. The lowest BCUT2D eigenvalue weighted by atomic mass is 9.91. The first-order valence-electron chi connectivity index (χ1n) is 12.3. The Kier molecular flexibility index (Phi) is 7.16. The van der Waals surface area contributed by atoms with E-state index in [-0.39, 0.29) is 5.97 Å². The first-order chi connectivity index (χ1) is 16.4. The summed E-state index contributed by atoms with van der Waals surface area (Å²) in [5.41, 5.74) is 5.48. The summed E-state index contributed by atoms with van der Waals surface area (Å²) in [7, 11) is 0. The van der Waals surface area contributed by atoms with E-state index in [1.807, 2.05) is 20.8 Å². The van der Waals surface area contributed by atoms with Gasteiger partial charge in [-0.05, 0) is 63.5 Å². The molecular formula is C30H35N2O2+. The van der Waals surface area contributed by atoms with Crippen LogP contribution in [0.5, 0.6) is 0 Å². The van der Waals surface area contributed by atoms with Crippen LogP contribution in [-0.4, -0.2) is 19.1 Å². The van der Waals surface area contributed by atoms with E-state index in [9.17, 15) is 4.79 Å². The van der Waals surface area contributed by atoms with Crippen LogP contribution in [0.1, 0.15) is 51.8 Å². The number of aryl methyl sites for hydroxylation is 1. The number of aromatic nitrogens is 1. The van der Waals surface area contributed by atoms with E-state index in [4.69, 9.17) is 4.74 Å². The molecule has 0 bridgehead atoms. The molecule has 0 radical (unpaired) electrons. The summed E-state index contributed by atoms with van der Waals surface area (Å²) in [6, 6.07) is 21.3. The van der Waals surface area contributed by atoms with Crippen molar-refractivity contribution in [3.05, 3.63) is 83.7 Å². The van der Waals surface area contributed by atoms with Crippen LogP contribution < -0.4 is 9.47 Å². The summed E-state index contributed by atoms with van der Waals surface area (Å²) in [4.78, 5) is 14.7. The summed E-state index contributed by atoms with van der Waals surface area (Å²) in [5.74, 6) is -0.121. The Morgan fingerprint density at radius 3 is 2.56 bits per heavy atom. The van der Waals surface area contributed by atoms with Gasteiger partial charge in [-0.3, -0.25) is 4.79 Å². The third kappa shape index (κ3) is 4.91. The van der Waals surface area contributed by atoms with E-state index in [0.717, 1.165) is 31.6 Å². The van der Waals surface area contributed by atoms with Gasteiger partial charge in [-0.1, -0.05) is 43.3 Å². The molecule has 34 heavy (non-hydrogen) atoms. The molecule has 2 aromatic carbocycles. The van der Waals surface area contributed by atoms with Crippen molar-refractivity contribution in [3.8, 4) is 0 Å². The third-order valence-corrected chi connectivity index (χ3v) is 6.75. The molecule has 176 valence electrons. The predicted molar refractivity (Wildman–Crippen MR) is 140 cm³/mol. The van der Waals surface area contributed by atoms with Crippen LogP contribution in [0, 0.1) is 5.41 Å². The smallest absolute Gasteiger partial charge is 0.311 e. The van der Waals surface area contributed by atoms with Crippen LogP contribution in [0.25, 0.3) is 23.1 Å². The second-order valence-electron chi connectivity index (χ2n) is 9.40. The molecule has 4 rings (SSSR count). The molecule has 0 fully saturated rings. The number of pyridine rings is 1. The van der Waals surface area contributed by atoms with Crippen molar-refractivity contribution in [3.63, 3.8) is 0 Å². The van der Waals surface area contributed by atoms with Gasteiger partial charge in [-0.2, -0.15) is 4.57 Å². The highest BCUT2D eigenvalue weighted by atomic mass is 16.5. The molecule has 0 spiro atoms. The van der Waals surface area contributed by atoms with Gasteiger partial charge in [0, 0.05) is 41.5 Å². The topological polar surface area (TPSA) is 33.4 Å². The number of hydrogen-bond donors (Lipinski definition) is 0. The number of anilines is 1. The molecule has 4 heteroatoms. The Hall–Kier alpha value is -3.40. The molecule has 0 N–H and O–H groups in total. The van der Waals surface area contributed by atoms with Gasteiger partial charge in [0.2, 0.25) is 11.2 Å². The second-order valence-corrected chi connectivity index (χ2v) is 9.40. The molecule has 3 aromatic rings. The Balaban J connectivity index is 1.61. The lowest BCUT2D eigenvalue weighted by Gasteiger charge is -2.30. The molecule has 0 atom stereocenters. The molecular weight excluding hydrogens is 420 g/mol. The highest BCUT2D eigenvalue weighted by Crippen LogP contribution is 2.32. The van der Waals surface area contributed by atoms with Crippen molar-refractivity contribution in [1.29, 1.82) is 0 Å². The molecule has 1 aliphatic rings. The van der Waals surface area contributed by atoms with Crippen molar-refractivity contribution < 1.29 is 14.1 Å². The van der Waals surface area contributed by atoms with Crippen LogP contribution in [0.3, 0.4) is 0 Å². The highest BCUT2D eigenvalue weighted by molar-refractivity contribution is 5.80. The standard InChI is InChI=1S/C30H35N2O2/c1-5-30(3,4)29(33)34-21-11-20-32-26(19-17-24-13-8-10-15-28(24)32)22-25-18-16-23-12-7-9-14-27(23)31(25)6-2/h7-10,12-19,22H,5-6,11,20-21H2,1-4H3/q+1. The van der Waals surface area contributed by atoms with Crippen LogP contribution >= 0.6 is 0 Å². The molecule has 4 nitrogen and oxygen atoms in total. The minimum absolute atomic E-state index is 0.121. The van der Waals surface area contributed by atoms with E-state index >= 15 is 0 Å². The fourth-order valence-corrected chi connectivity index (χ4v) is 4.29. The zero-order valence-electron chi connectivity index (χ0n) is 20.8. The van der Waals surface area contributed by atoms with E-state index in [1.165, 1.54) is 27.8 Å². The monoisotopic (exact) mass is 455 g/mol. The number of carbonyl (C=O) groups is 1. The fraction of sp³-hybridized carbons (Fsp3) is 0.333. The van der Waals surface area contributed by atoms with Crippen molar-refractivity contribution in [2.75, 3.05) is 18.1 Å². The minimum atomic E-state index is -0.435. The molecule has 1 aliphatic heterocycles. The first kappa shape index (κ1) is 23.7. The molecule has 0 saturated carbocycles. The Labute approximate surface area is 203 Å². The van der Waals surface area contributed by atoms with Crippen LogP contribution in [-0.2, 0) is 16.1 Å². The van der Waals surface area contributed by atoms with Gasteiger partial charge in [0.15, 0.2) is 0 Å². The largest absolute Gasteiger partial charge is 0.465 e. The summed E-state index contributed by atoms with van der Waals surface area (Å²) in [6.07, 6.45) is 8.15. The van der Waals surface area contributed by atoms with Gasteiger partial charge in [0.05, 0.1) is 12.0 Å². The molecule has 0 amide bonds. The number of rotatable bonds is 8. The number of carbonyl (C=O) groups excluding carboxylic acids is 1. The third-order valence-electron chi connectivity index (χ3n) is 6.75. The maximum absolute atomic E-state index is 12.4. The lowest BCUT2D eigenvalue weighted by Crippen LogP contribution is -2.37. The van der Waals surface area contributed by atoms with Gasteiger partial charge in [-0.15, -0.1) is 0 Å². The Bertz CT molecular complexity index is 1240. The average molecular weight is 456 g/mol. The Morgan fingerprint density at radius 1 is 1.00 bits per heavy atom. The average Bonchev–Trinajstić information content (AvgIpc) is 2.87. The maximum atomic E-state index is 12.4. The van der Waals surface area contributed by atoms with Crippen LogP contribution in [0.15, 0.2) is 72.4 Å². The van der Waals surface area contributed by atoms with Crippen molar-refractivity contribution in [2.24, 2.45) is 5.41 Å². The fourth-order valence-electron chi connectivity index (χ4n) is 4.29. The SMILES string of the molecule is CC[n+]1c(/C=C2\C=Cc3ccccc3N2CCCOC(=O)C(C)(C)CC)ccc2ccccc21. The van der Waals surface area contributed by atoms with Crippen LogP contribution in [0.4, 0.5) is 5.69 Å². The Morgan fingerprint density at radius 2 is 1.76 bits per heavy atom. The summed E-state index contributed by atoms with van der Waals surface area (Å²) >= 11 is 0. The lowest BCUT2D eigenvalue weighted by molar-refractivity contribution is -0.669. The molecule has 0 saturated heterocycles. The van der Waals surface area contributed by atoms with Gasteiger partial charge < -0.3 is 9.64 Å². The summed E-state index contributed by atoms with van der Waals surface area (Å²) in [5, 5.41) is 1.24. The number of benzene rings is 2. The molecule has 1 aromatic heterocycles. The summed E-state index contributed by atoms with van der Waals surface area (Å²) < 4.78 is 7.96. The zero-order valence-corrected chi connectivity index (χ0v) is 20.8. The van der Waals surface area contributed by atoms with Crippen molar-refractivity contribution in [1.82, 2.24) is 0 Å². The number of fused-ring (bicyclic) bond motifs is 2. The minimum Gasteiger partial charge on any atom is -0.465 e. The van der Waals surface area contributed by atoms with Crippen molar-refractivity contribution in [2.45, 2.75) is 47.1 Å². The zero-order chi connectivity index (χ0) is 24.1. The number of esters is 1. The van der Waals surface area contributed by atoms with Gasteiger partial charge in [0.1, 0.15) is 6.54 Å². The van der Waals surface area contributed by atoms with E-state index < -0.39 is 5.41 Å². The maximum Gasteiger partial charge on any atom is 0.311 e. The molecule has 0 unspecified atom stereocenters. The number of hydrogen-bond acceptors (Lipinski definition) is 3. The van der Waals surface area contributed by atoms with Gasteiger partial charge >= 0.3 is 5.97 Å². The number of allylic oxidation sites excluding steroid dienone is 1. The highest BCUT2D eigenvalue weighted by Gasteiger charge is 2.27. The molecule has 0 aliphatic carbocycles. The molecule has 2 heterocycles. The van der Waals surface area contributed by atoms with E-state index in [2.05, 4.69) is 95.3 Å². The number of para-hydroxylation sites is 2. The normalized spacial score (nSPS) is 14.5. The van der Waals surface area contributed by atoms with Gasteiger partial charge in [0.25, 0.3) is 0 Å². The quantitative estimate of drug-likeness (QED) is 0.224. The first-order valence-corrected chi connectivity index (χ1v) is 12.3. The predicted octanol–water partition coefficient (Wildman–Crippen LogP) is 6.39. The van der Waals surface area contributed by atoms with E-state index in [1.54, 1.807) is 0 Å². The van der Waals surface area contributed by atoms with E-state index in [0.29, 0.717) is 6.61 Å². The second kappa shape index (κ2) is 10.3. The number of nitrogens with zero attached hydrogens (tertiary/aromatic N) is 2. The van der Waals surface area contributed by atoms with Crippen molar-refractivity contribution >= 4 is 34.7 Å². The van der Waals surface area contributed by atoms with Crippen LogP contribution in [0.2, 0.25) is 0 Å². The number of ether oxygens (including phenoxy) is 1. The van der Waals surface area contributed by atoms with Gasteiger partial charge in [-0.25, -0.2) is 0 Å².